The monoisotopic (exact) mass is 382 g/mol. The van der Waals surface area contributed by atoms with Crippen LogP contribution < -0.4 is 0 Å². The fourth-order valence-corrected chi connectivity index (χ4v) is 6.14. The molecule has 0 heterocycles. The number of rotatable bonds is 3. The molecule has 0 aliphatic heterocycles. The molecule has 0 radical (unpaired) electrons. The van der Waals surface area contributed by atoms with Crippen LogP contribution in [0.25, 0.3) is 0 Å². The molecule has 0 unspecified atom stereocenters. The number of fused-ring (bicyclic) bond motifs is 3. The van der Waals surface area contributed by atoms with Crippen LogP contribution in [-0.2, 0) is 14.3 Å². The van der Waals surface area contributed by atoms with E-state index in [4.69, 9.17) is 9.47 Å². The van der Waals surface area contributed by atoms with Crippen molar-refractivity contribution in [2.45, 2.75) is 59.0 Å². The van der Waals surface area contributed by atoms with Gasteiger partial charge in [0.05, 0.1) is 5.56 Å². The van der Waals surface area contributed by atoms with Gasteiger partial charge in [-0.05, 0) is 68.1 Å². The highest BCUT2D eigenvalue weighted by atomic mass is 16.5. The third kappa shape index (κ3) is 3.27. The Bertz CT molecular complexity index is 783. The standard InChI is InChI=1S/C24H30O4/c1-15-18-13-14-24(3)20(19(18)9-11-21(15)27-16(2)25)10-12-22(24)28-23(26)17-7-5-4-6-8-17/h4-8,11,15,18-20,22H,9-10,12-14H2,1-3H3/t15-,18+,19+,20+,22+,24-/m0/s1. The SMILES string of the molecule is CC(=O)OC1=CC[C@@H]2[C@H](CC[C@@]3(C)[C@@H]2CC[C@H]3OC(=O)c2ccccc2)[C@@H]1C. The zero-order chi connectivity index (χ0) is 19.9. The molecule has 1 aromatic rings. The number of hydrogen-bond acceptors (Lipinski definition) is 4. The summed E-state index contributed by atoms with van der Waals surface area (Å²) in [6.45, 7) is 5.98. The van der Waals surface area contributed by atoms with Crippen LogP contribution in [-0.4, -0.2) is 18.0 Å². The second kappa shape index (κ2) is 7.38. The van der Waals surface area contributed by atoms with Gasteiger partial charge in [0.1, 0.15) is 11.9 Å². The lowest BCUT2D eigenvalue weighted by atomic mass is 9.55. The number of hydrogen-bond donors (Lipinski definition) is 0. The van der Waals surface area contributed by atoms with Gasteiger partial charge in [0.15, 0.2) is 0 Å². The quantitative estimate of drug-likeness (QED) is 0.679. The summed E-state index contributed by atoms with van der Waals surface area (Å²) in [7, 11) is 0. The molecule has 0 aromatic heterocycles. The van der Waals surface area contributed by atoms with Gasteiger partial charge in [-0.15, -0.1) is 0 Å². The topological polar surface area (TPSA) is 52.6 Å². The molecule has 0 bridgehead atoms. The van der Waals surface area contributed by atoms with E-state index < -0.39 is 0 Å². The lowest BCUT2D eigenvalue weighted by molar-refractivity contribution is -0.139. The van der Waals surface area contributed by atoms with Crippen molar-refractivity contribution in [1.29, 1.82) is 0 Å². The number of esters is 2. The molecule has 3 aliphatic rings. The molecular weight excluding hydrogens is 352 g/mol. The number of ether oxygens (including phenoxy) is 2. The normalized spacial score (nSPS) is 36.7. The van der Waals surface area contributed by atoms with E-state index in [0.717, 1.165) is 37.9 Å². The van der Waals surface area contributed by atoms with Crippen molar-refractivity contribution in [2.75, 3.05) is 0 Å². The second-order valence-corrected chi connectivity index (χ2v) is 9.04. The molecule has 6 atom stereocenters. The van der Waals surface area contributed by atoms with Gasteiger partial charge in [-0.25, -0.2) is 4.79 Å². The van der Waals surface area contributed by atoms with Crippen LogP contribution in [0.2, 0.25) is 0 Å². The first-order valence-corrected chi connectivity index (χ1v) is 10.5. The van der Waals surface area contributed by atoms with Crippen molar-refractivity contribution in [3.8, 4) is 0 Å². The Labute approximate surface area is 167 Å². The molecule has 4 nitrogen and oxygen atoms in total. The Morgan fingerprint density at radius 3 is 2.54 bits per heavy atom. The highest BCUT2D eigenvalue weighted by molar-refractivity contribution is 5.89. The smallest absolute Gasteiger partial charge is 0.338 e. The largest absolute Gasteiger partial charge is 0.458 e. The summed E-state index contributed by atoms with van der Waals surface area (Å²) >= 11 is 0. The molecule has 1 aromatic carbocycles. The molecule has 0 saturated heterocycles. The first-order chi connectivity index (χ1) is 13.4. The van der Waals surface area contributed by atoms with Gasteiger partial charge in [-0.1, -0.05) is 32.0 Å². The number of carbonyl (C=O) groups excluding carboxylic acids is 2. The molecule has 150 valence electrons. The average Bonchev–Trinajstić information content (AvgIpc) is 3.01. The van der Waals surface area contributed by atoms with Crippen LogP contribution in [0.15, 0.2) is 42.2 Å². The van der Waals surface area contributed by atoms with Gasteiger partial charge in [0, 0.05) is 18.3 Å². The molecule has 0 amide bonds. The van der Waals surface area contributed by atoms with E-state index in [1.165, 1.54) is 6.92 Å². The van der Waals surface area contributed by atoms with Crippen LogP contribution in [0.3, 0.4) is 0 Å². The van der Waals surface area contributed by atoms with Gasteiger partial charge >= 0.3 is 11.9 Å². The van der Waals surface area contributed by atoms with Crippen molar-refractivity contribution in [3.05, 3.63) is 47.7 Å². The number of allylic oxidation sites excluding steroid dienone is 2. The first-order valence-electron chi connectivity index (χ1n) is 10.5. The maximum Gasteiger partial charge on any atom is 0.338 e. The molecule has 0 spiro atoms. The molecule has 3 aliphatic carbocycles. The van der Waals surface area contributed by atoms with Crippen molar-refractivity contribution in [3.63, 3.8) is 0 Å². The number of benzene rings is 1. The summed E-state index contributed by atoms with van der Waals surface area (Å²) in [5.74, 6) is 2.36. The lowest BCUT2D eigenvalue weighted by Crippen LogP contribution is -2.47. The fraction of sp³-hybridized carbons (Fsp3) is 0.583. The van der Waals surface area contributed by atoms with Crippen molar-refractivity contribution < 1.29 is 19.1 Å². The minimum Gasteiger partial charge on any atom is -0.458 e. The van der Waals surface area contributed by atoms with Gasteiger partial charge in [0.25, 0.3) is 0 Å². The predicted molar refractivity (Wildman–Crippen MR) is 106 cm³/mol. The maximum atomic E-state index is 12.6. The summed E-state index contributed by atoms with van der Waals surface area (Å²) in [5, 5.41) is 0. The minimum absolute atomic E-state index is 0.0136. The fourth-order valence-electron chi connectivity index (χ4n) is 6.14. The van der Waals surface area contributed by atoms with Crippen LogP contribution in [0.4, 0.5) is 0 Å². The Morgan fingerprint density at radius 2 is 1.82 bits per heavy atom. The van der Waals surface area contributed by atoms with E-state index in [1.54, 1.807) is 0 Å². The van der Waals surface area contributed by atoms with Crippen LogP contribution in [0, 0.1) is 29.1 Å². The highest BCUT2D eigenvalue weighted by Crippen LogP contribution is 2.60. The van der Waals surface area contributed by atoms with Gasteiger partial charge in [-0.2, -0.15) is 0 Å². The minimum atomic E-state index is -0.231. The van der Waals surface area contributed by atoms with Crippen molar-refractivity contribution in [1.82, 2.24) is 0 Å². The predicted octanol–water partition coefficient (Wildman–Crippen LogP) is 5.14. The van der Waals surface area contributed by atoms with E-state index in [0.29, 0.717) is 23.3 Å². The molecule has 4 rings (SSSR count). The number of carbonyl (C=O) groups is 2. The third-order valence-corrected chi connectivity index (χ3v) is 7.61. The van der Waals surface area contributed by atoms with Gasteiger partial charge in [-0.3, -0.25) is 4.79 Å². The summed E-state index contributed by atoms with van der Waals surface area (Å²) in [6.07, 6.45) is 7.27. The van der Waals surface area contributed by atoms with Gasteiger partial charge in [0.2, 0.25) is 0 Å². The molecule has 28 heavy (non-hydrogen) atoms. The maximum absolute atomic E-state index is 12.6. The summed E-state index contributed by atoms with van der Waals surface area (Å²) in [5.41, 5.74) is 0.668. The highest BCUT2D eigenvalue weighted by Gasteiger charge is 2.56. The Balaban J connectivity index is 1.50. The van der Waals surface area contributed by atoms with E-state index in [-0.39, 0.29) is 29.4 Å². The van der Waals surface area contributed by atoms with E-state index in [9.17, 15) is 9.59 Å². The van der Waals surface area contributed by atoms with E-state index >= 15 is 0 Å². The Hall–Kier alpha value is -2.10. The van der Waals surface area contributed by atoms with Crippen molar-refractivity contribution >= 4 is 11.9 Å². The van der Waals surface area contributed by atoms with Crippen LogP contribution >= 0.6 is 0 Å². The van der Waals surface area contributed by atoms with E-state index in [2.05, 4.69) is 19.9 Å². The lowest BCUT2D eigenvalue weighted by Gasteiger charge is -2.51. The molecule has 2 saturated carbocycles. The summed E-state index contributed by atoms with van der Waals surface area (Å²) in [6, 6.07) is 9.29. The zero-order valence-electron chi connectivity index (χ0n) is 17.0. The molecule has 4 heteroatoms. The molecular formula is C24H30O4. The van der Waals surface area contributed by atoms with Crippen LogP contribution in [0.5, 0.6) is 0 Å². The average molecular weight is 383 g/mol. The Kier molecular flexibility index (Phi) is 5.07. The molecule has 2 fully saturated rings. The van der Waals surface area contributed by atoms with Crippen LogP contribution in [0.1, 0.15) is 63.2 Å². The summed E-state index contributed by atoms with van der Waals surface area (Å²) < 4.78 is 11.5. The second-order valence-electron chi connectivity index (χ2n) is 9.04. The third-order valence-electron chi connectivity index (χ3n) is 7.61. The van der Waals surface area contributed by atoms with E-state index in [1.807, 2.05) is 30.3 Å². The molecule has 0 N–H and O–H groups in total. The van der Waals surface area contributed by atoms with Gasteiger partial charge < -0.3 is 9.47 Å². The Morgan fingerprint density at radius 1 is 1.07 bits per heavy atom. The van der Waals surface area contributed by atoms with Crippen molar-refractivity contribution in [2.24, 2.45) is 29.1 Å². The first kappa shape index (κ1) is 19.2. The zero-order valence-corrected chi connectivity index (χ0v) is 17.0. The summed E-state index contributed by atoms with van der Waals surface area (Å²) in [4.78, 5) is 24.0.